The van der Waals surface area contributed by atoms with Crippen LogP contribution in [0.1, 0.15) is 36.5 Å². The van der Waals surface area contributed by atoms with Crippen LogP contribution in [0.4, 0.5) is 5.69 Å². The molecule has 0 saturated heterocycles. The third kappa shape index (κ3) is 9.07. The Labute approximate surface area is 234 Å². The van der Waals surface area contributed by atoms with Crippen molar-refractivity contribution in [1.29, 1.82) is 0 Å². The zero-order valence-electron chi connectivity index (χ0n) is 20.3. The number of aryl methyl sites for hydroxylation is 1. The average Bonchev–Trinajstić information content (AvgIpc) is 2.86. The Balaban J connectivity index is 1.53. The molecule has 0 atom stereocenters. The van der Waals surface area contributed by atoms with E-state index in [1.807, 2.05) is 32.0 Å². The van der Waals surface area contributed by atoms with E-state index >= 15 is 0 Å². The summed E-state index contributed by atoms with van der Waals surface area (Å²) >= 11 is 15.5. The van der Waals surface area contributed by atoms with E-state index in [0.717, 1.165) is 11.1 Å². The number of carbonyl (C=O) groups is 2. The van der Waals surface area contributed by atoms with Crippen molar-refractivity contribution in [2.75, 3.05) is 11.9 Å². The summed E-state index contributed by atoms with van der Waals surface area (Å²) < 4.78 is 12.4. The second kappa shape index (κ2) is 14.0. The van der Waals surface area contributed by atoms with Gasteiger partial charge in [0, 0.05) is 28.6 Å². The molecule has 0 aromatic heterocycles. The first-order chi connectivity index (χ1) is 17.7. The molecule has 0 aliphatic heterocycles. The minimum Gasteiger partial charge on any atom is -0.490 e. The van der Waals surface area contributed by atoms with Crippen LogP contribution in [-0.2, 0) is 16.2 Å². The Morgan fingerprint density at radius 2 is 1.73 bits per heavy atom. The fourth-order valence-corrected chi connectivity index (χ4v) is 4.04. The maximum absolute atomic E-state index is 12.1. The predicted octanol–water partition coefficient (Wildman–Crippen LogP) is 6.91. The maximum atomic E-state index is 12.1. The van der Waals surface area contributed by atoms with Gasteiger partial charge in [-0.3, -0.25) is 9.59 Å². The van der Waals surface area contributed by atoms with Gasteiger partial charge in [0.1, 0.15) is 6.61 Å². The number of nitrogens with zero attached hydrogens (tertiary/aromatic N) is 1. The summed E-state index contributed by atoms with van der Waals surface area (Å²) in [7, 11) is 0. The summed E-state index contributed by atoms with van der Waals surface area (Å²) in [5, 5.41) is 7.94. The molecule has 0 aliphatic rings. The van der Waals surface area contributed by atoms with Crippen LogP contribution in [0.3, 0.4) is 0 Å². The lowest BCUT2D eigenvalue weighted by Gasteiger charge is -2.14. The van der Waals surface area contributed by atoms with Gasteiger partial charge in [-0.2, -0.15) is 5.10 Å². The van der Waals surface area contributed by atoms with E-state index in [-0.39, 0.29) is 24.7 Å². The molecule has 2 N–H and O–H groups in total. The number of nitrogens with one attached hydrogen (secondary N) is 2. The number of benzene rings is 3. The molecular weight excluding hydrogens is 581 g/mol. The number of hydrazone groups is 1. The molecule has 194 valence electrons. The van der Waals surface area contributed by atoms with Crippen molar-refractivity contribution >= 4 is 62.8 Å². The van der Waals surface area contributed by atoms with Gasteiger partial charge in [0.25, 0.3) is 0 Å². The SMILES string of the molecule is CCOc1cc(C=NNC(=O)CCC(=O)Nc2ccc(C)c(Cl)c2)cc(Br)c1OCc1ccc(Cl)cc1. The standard InChI is InChI=1S/C27H26BrCl2N3O4/c1-3-36-24-13-19(12-22(28)27(24)37-16-18-5-7-20(29)8-6-18)15-31-33-26(35)11-10-25(34)32-21-9-4-17(2)23(30)14-21/h4-9,12-15H,3,10-11,16H2,1-2H3,(H,32,34)(H,33,35). The molecule has 0 unspecified atom stereocenters. The fourth-order valence-electron chi connectivity index (χ4n) is 3.16. The second-order valence-corrected chi connectivity index (χ2v) is 9.68. The van der Waals surface area contributed by atoms with Gasteiger partial charge in [0.05, 0.1) is 17.3 Å². The van der Waals surface area contributed by atoms with Crippen LogP contribution in [0, 0.1) is 6.92 Å². The highest BCUT2D eigenvalue weighted by Gasteiger charge is 2.13. The van der Waals surface area contributed by atoms with E-state index in [9.17, 15) is 9.59 Å². The summed E-state index contributed by atoms with van der Waals surface area (Å²) in [6.07, 6.45) is 1.48. The van der Waals surface area contributed by atoms with Gasteiger partial charge in [-0.25, -0.2) is 5.43 Å². The molecule has 7 nitrogen and oxygen atoms in total. The Kier molecular flexibility index (Phi) is 10.8. The molecule has 37 heavy (non-hydrogen) atoms. The normalized spacial score (nSPS) is 10.8. The van der Waals surface area contributed by atoms with Crippen LogP contribution >= 0.6 is 39.1 Å². The summed E-state index contributed by atoms with van der Waals surface area (Å²) in [5.74, 6) is 0.407. The van der Waals surface area contributed by atoms with Gasteiger partial charge < -0.3 is 14.8 Å². The number of ether oxygens (including phenoxy) is 2. The van der Waals surface area contributed by atoms with Crippen molar-refractivity contribution in [3.63, 3.8) is 0 Å². The minimum atomic E-state index is -0.389. The number of anilines is 1. The topological polar surface area (TPSA) is 89.0 Å². The third-order valence-electron chi connectivity index (χ3n) is 5.07. The quantitative estimate of drug-likeness (QED) is 0.183. The number of carbonyl (C=O) groups excluding carboxylic acids is 2. The average molecular weight is 607 g/mol. The van der Waals surface area contributed by atoms with Crippen LogP contribution in [0.5, 0.6) is 11.5 Å². The van der Waals surface area contributed by atoms with Crippen molar-refractivity contribution in [2.24, 2.45) is 5.10 Å². The highest BCUT2D eigenvalue weighted by Crippen LogP contribution is 2.37. The van der Waals surface area contributed by atoms with Crippen molar-refractivity contribution in [3.8, 4) is 11.5 Å². The molecule has 0 fully saturated rings. The van der Waals surface area contributed by atoms with Gasteiger partial charge in [0.15, 0.2) is 11.5 Å². The zero-order valence-corrected chi connectivity index (χ0v) is 23.4. The van der Waals surface area contributed by atoms with Crippen molar-refractivity contribution < 1.29 is 19.1 Å². The van der Waals surface area contributed by atoms with Gasteiger partial charge >= 0.3 is 0 Å². The van der Waals surface area contributed by atoms with Crippen LogP contribution in [0.2, 0.25) is 10.0 Å². The van der Waals surface area contributed by atoms with E-state index in [1.165, 1.54) is 6.21 Å². The highest BCUT2D eigenvalue weighted by atomic mass is 79.9. The highest BCUT2D eigenvalue weighted by molar-refractivity contribution is 9.10. The lowest BCUT2D eigenvalue weighted by molar-refractivity contribution is -0.124. The molecule has 3 aromatic rings. The minimum absolute atomic E-state index is 0.00649. The largest absolute Gasteiger partial charge is 0.490 e. The molecule has 3 aromatic carbocycles. The Bertz CT molecular complexity index is 1280. The summed E-state index contributed by atoms with van der Waals surface area (Å²) in [5.41, 5.74) is 5.57. The number of amides is 2. The van der Waals surface area contributed by atoms with E-state index < -0.39 is 0 Å². The van der Waals surface area contributed by atoms with Gasteiger partial charge in [0.2, 0.25) is 11.8 Å². The molecule has 0 heterocycles. The first-order valence-corrected chi connectivity index (χ1v) is 13.0. The summed E-state index contributed by atoms with van der Waals surface area (Å²) in [4.78, 5) is 24.3. The Hall–Kier alpha value is -3.07. The van der Waals surface area contributed by atoms with E-state index in [2.05, 4.69) is 31.8 Å². The van der Waals surface area contributed by atoms with Crippen molar-refractivity contribution in [2.45, 2.75) is 33.3 Å². The number of hydrogen-bond donors (Lipinski definition) is 2. The lowest BCUT2D eigenvalue weighted by atomic mass is 10.2. The fraction of sp³-hybridized carbons (Fsp3) is 0.222. The summed E-state index contributed by atoms with van der Waals surface area (Å²) in [6, 6.07) is 16.2. The van der Waals surface area contributed by atoms with Crippen molar-refractivity contribution in [1.82, 2.24) is 5.43 Å². The molecule has 0 aliphatic carbocycles. The maximum Gasteiger partial charge on any atom is 0.240 e. The molecular formula is C27H26BrCl2N3O4. The first-order valence-electron chi connectivity index (χ1n) is 11.5. The monoisotopic (exact) mass is 605 g/mol. The number of rotatable bonds is 11. The Morgan fingerprint density at radius 3 is 2.43 bits per heavy atom. The molecule has 0 saturated carbocycles. The van der Waals surface area contributed by atoms with Crippen LogP contribution in [0.15, 0.2) is 64.2 Å². The van der Waals surface area contributed by atoms with E-state index in [1.54, 1.807) is 36.4 Å². The zero-order chi connectivity index (χ0) is 26.8. The third-order valence-corrected chi connectivity index (χ3v) is 6.31. The van der Waals surface area contributed by atoms with Gasteiger partial charge in [-0.15, -0.1) is 0 Å². The van der Waals surface area contributed by atoms with Gasteiger partial charge in [-0.05, 0) is 82.9 Å². The predicted molar refractivity (Wildman–Crippen MR) is 151 cm³/mol. The molecule has 0 bridgehead atoms. The van der Waals surface area contributed by atoms with E-state index in [0.29, 0.717) is 50.5 Å². The second-order valence-electron chi connectivity index (χ2n) is 7.98. The number of hydrogen-bond acceptors (Lipinski definition) is 5. The van der Waals surface area contributed by atoms with E-state index in [4.69, 9.17) is 32.7 Å². The molecule has 10 heteroatoms. The van der Waals surface area contributed by atoms with Gasteiger partial charge in [-0.1, -0.05) is 41.4 Å². The van der Waals surface area contributed by atoms with Crippen LogP contribution in [-0.4, -0.2) is 24.6 Å². The lowest BCUT2D eigenvalue weighted by Crippen LogP contribution is -2.20. The number of halogens is 3. The van der Waals surface area contributed by atoms with Crippen LogP contribution in [0.25, 0.3) is 0 Å². The molecule has 0 radical (unpaired) electrons. The molecule has 2 amide bonds. The summed E-state index contributed by atoms with van der Waals surface area (Å²) in [6.45, 7) is 4.53. The van der Waals surface area contributed by atoms with Crippen molar-refractivity contribution in [3.05, 3.63) is 85.8 Å². The first kappa shape index (κ1) is 28.5. The molecule has 0 spiro atoms. The smallest absolute Gasteiger partial charge is 0.240 e. The molecule has 3 rings (SSSR count). The Morgan fingerprint density at radius 1 is 1.00 bits per heavy atom. The van der Waals surface area contributed by atoms with Crippen LogP contribution < -0.4 is 20.2 Å².